The molecule has 0 atom stereocenters. The summed E-state index contributed by atoms with van der Waals surface area (Å²) in [4.78, 5) is 0. The van der Waals surface area contributed by atoms with Gasteiger partial charge in [0.15, 0.2) is 0 Å². The van der Waals surface area contributed by atoms with Crippen molar-refractivity contribution >= 4 is 43.6 Å². The van der Waals surface area contributed by atoms with Crippen molar-refractivity contribution in [2.45, 2.75) is 6.92 Å². The first kappa shape index (κ1) is 25.6. The van der Waals surface area contributed by atoms with Crippen LogP contribution in [0.5, 0.6) is 0 Å². The number of hydrogen-bond acceptors (Lipinski definition) is 0. The molecule has 0 N–H and O–H groups in total. The van der Waals surface area contributed by atoms with E-state index in [1.807, 2.05) is 0 Å². The topological polar surface area (TPSA) is 9.86 Å². The lowest BCUT2D eigenvalue weighted by Gasteiger charge is -2.12. The summed E-state index contributed by atoms with van der Waals surface area (Å²) < 4.78 is 4.87. The van der Waals surface area contributed by atoms with Crippen LogP contribution in [0.25, 0.3) is 77.2 Å². The van der Waals surface area contributed by atoms with Crippen LogP contribution < -0.4 is 0 Å². The molecule has 212 valence electrons. The first-order valence-corrected chi connectivity index (χ1v) is 15.5. The molecular formula is C43H30N2. The van der Waals surface area contributed by atoms with Crippen LogP contribution in [0.3, 0.4) is 0 Å². The van der Waals surface area contributed by atoms with E-state index in [4.69, 9.17) is 0 Å². The molecule has 0 saturated heterocycles. The monoisotopic (exact) mass is 574 g/mol. The normalized spacial score (nSPS) is 11.7. The number of para-hydroxylation sites is 2. The quantitative estimate of drug-likeness (QED) is 0.198. The highest BCUT2D eigenvalue weighted by atomic mass is 15.0. The standard InChI is InChI=1S/C43H30N2/c1-29-21-23-31(24-22-29)33-14-10-16-35(28-33)45-39-20-8-6-18-37(39)43-41(45)26-25-40-42(43)36-17-5-7-19-38(36)44(40)34-15-9-13-32(27-34)30-11-3-2-4-12-30/h2-28H,1H3. The molecule has 2 heteroatoms. The molecule has 0 aliphatic carbocycles. The van der Waals surface area contributed by atoms with Gasteiger partial charge in [-0.05, 0) is 77.7 Å². The van der Waals surface area contributed by atoms with Crippen LogP contribution in [0.1, 0.15) is 5.56 Å². The first-order chi connectivity index (χ1) is 22.2. The lowest BCUT2D eigenvalue weighted by molar-refractivity contribution is 1.17. The average molecular weight is 575 g/mol. The molecule has 2 aromatic heterocycles. The highest BCUT2D eigenvalue weighted by Crippen LogP contribution is 2.42. The number of hydrogen-bond donors (Lipinski definition) is 0. The van der Waals surface area contributed by atoms with Crippen LogP contribution in [0.4, 0.5) is 0 Å². The van der Waals surface area contributed by atoms with Gasteiger partial charge in [-0.15, -0.1) is 0 Å². The molecule has 45 heavy (non-hydrogen) atoms. The molecule has 0 amide bonds. The molecule has 0 aliphatic heterocycles. The maximum Gasteiger partial charge on any atom is 0.0548 e. The van der Waals surface area contributed by atoms with Crippen molar-refractivity contribution in [3.05, 3.63) is 169 Å². The van der Waals surface area contributed by atoms with Gasteiger partial charge in [0.25, 0.3) is 0 Å². The Kier molecular flexibility index (Phi) is 5.76. The molecule has 0 radical (unpaired) electrons. The molecule has 9 rings (SSSR count). The average Bonchev–Trinajstić information content (AvgIpc) is 3.62. The fourth-order valence-electron chi connectivity index (χ4n) is 7.10. The Morgan fingerprint density at radius 3 is 1.31 bits per heavy atom. The molecule has 9 aromatic rings. The van der Waals surface area contributed by atoms with Crippen molar-refractivity contribution in [2.75, 3.05) is 0 Å². The van der Waals surface area contributed by atoms with Gasteiger partial charge in [-0.1, -0.05) is 121 Å². The molecule has 0 spiro atoms. The van der Waals surface area contributed by atoms with Gasteiger partial charge >= 0.3 is 0 Å². The van der Waals surface area contributed by atoms with Crippen LogP contribution in [0, 0.1) is 6.92 Å². The Balaban J connectivity index is 1.34. The number of aromatic nitrogens is 2. The van der Waals surface area contributed by atoms with E-state index in [-0.39, 0.29) is 0 Å². The van der Waals surface area contributed by atoms with Crippen molar-refractivity contribution in [2.24, 2.45) is 0 Å². The van der Waals surface area contributed by atoms with Gasteiger partial charge in [0.2, 0.25) is 0 Å². The fraction of sp³-hybridized carbons (Fsp3) is 0.0233. The minimum Gasteiger partial charge on any atom is -0.309 e. The van der Waals surface area contributed by atoms with Crippen molar-refractivity contribution < 1.29 is 0 Å². The van der Waals surface area contributed by atoms with E-state index in [2.05, 4.69) is 180 Å². The Labute approximate surface area is 262 Å². The van der Waals surface area contributed by atoms with E-state index in [9.17, 15) is 0 Å². The van der Waals surface area contributed by atoms with Gasteiger partial charge in [0.05, 0.1) is 22.1 Å². The van der Waals surface area contributed by atoms with E-state index in [1.165, 1.54) is 71.4 Å². The van der Waals surface area contributed by atoms with Crippen LogP contribution in [-0.2, 0) is 0 Å². The lowest BCUT2D eigenvalue weighted by Crippen LogP contribution is -1.95. The van der Waals surface area contributed by atoms with Crippen LogP contribution in [0.2, 0.25) is 0 Å². The van der Waals surface area contributed by atoms with Gasteiger partial charge in [0, 0.05) is 32.9 Å². The predicted octanol–water partition coefficient (Wildman–Crippen LogP) is 11.5. The highest BCUT2D eigenvalue weighted by Gasteiger charge is 2.20. The third-order valence-electron chi connectivity index (χ3n) is 9.17. The van der Waals surface area contributed by atoms with E-state index in [0.29, 0.717) is 0 Å². The van der Waals surface area contributed by atoms with Gasteiger partial charge in [-0.25, -0.2) is 0 Å². The summed E-state index contributed by atoms with van der Waals surface area (Å²) in [5.41, 5.74) is 13.3. The fourth-order valence-corrected chi connectivity index (χ4v) is 7.10. The summed E-state index contributed by atoms with van der Waals surface area (Å²) in [6.45, 7) is 2.13. The van der Waals surface area contributed by atoms with Crippen LogP contribution in [0.15, 0.2) is 164 Å². The molecule has 0 aliphatic rings. The van der Waals surface area contributed by atoms with Crippen LogP contribution >= 0.6 is 0 Å². The lowest BCUT2D eigenvalue weighted by atomic mass is 10.0. The molecule has 2 heterocycles. The smallest absolute Gasteiger partial charge is 0.0548 e. The van der Waals surface area contributed by atoms with Gasteiger partial charge in [0.1, 0.15) is 0 Å². The number of benzene rings is 7. The van der Waals surface area contributed by atoms with Gasteiger partial charge in [-0.3, -0.25) is 0 Å². The maximum atomic E-state index is 2.43. The second kappa shape index (κ2) is 10.1. The Hall–Kier alpha value is -5.86. The van der Waals surface area contributed by atoms with Crippen LogP contribution in [-0.4, -0.2) is 9.13 Å². The first-order valence-electron chi connectivity index (χ1n) is 15.5. The Morgan fingerprint density at radius 1 is 0.333 bits per heavy atom. The third-order valence-corrected chi connectivity index (χ3v) is 9.17. The number of nitrogens with zero attached hydrogens (tertiary/aromatic N) is 2. The minimum atomic E-state index is 1.16. The molecule has 0 fully saturated rings. The summed E-state index contributed by atoms with van der Waals surface area (Å²) in [7, 11) is 0. The molecule has 0 saturated carbocycles. The summed E-state index contributed by atoms with van der Waals surface area (Å²) in [5, 5.41) is 5.11. The molecule has 0 bridgehead atoms. The summed E-state index contributed by atoms with van der Waals surface area (Å²) in [6.07, 6.45) is 0. The van der Waals surface area contributed by atoms with E-state index < -0.39 is 0 Å². The SMILES string of the molecule is Cc1ccc(-c2cccc(-n3c4ccccc4c4c5c6ccccc6n(-c6cccc(-c7ccccc7)c6)c5ccc43)c2)cc1. The minimum absolute atomic E-state index is 1.16. The molecule has 7 aromatic carbocycles. The number of fused-ring (bicyclic) bond motifs is 7. The third kappa shape index (κ3) is 4.03. The molecule has 2 nitrogen and oxygen atoms in total. The summed E-state index contributed by atoms with van der Waals surface area (Å²) in [6, 6.07) is 59.6. The largest absolute Gasteiger partial charge is 0.309 e. The number of rotatable bonds is 4. The number of aryl methyl sites for hydroxylation is 1. The van der Waals surface area contributed by atoms with Crippen molar-refractivity contribution in [3.63, 3.8) is 0 Å². The van der Waals surface area contributed by atoms with Crippen molar-refractivity contribution in [1.82, 2.24) is 9.13 Å². The zero-order chi connectivity index (χ0) is 29.9. The Morgan fingerprint density at radius 2 is 0.778 bits per heavy atom. The maximum absolute atomic E-state index is 2.43. The van der Waals surface area contributed by atoms with Crippen molar-refractivity contribution in [3.8, 4) is 33.6 Å². The van der Waals surface area contributed by atoms with Gasteiger partial charge < -0.3 is 9.13 Å². The highest BCUT2D eigenvalue weighted by molar-refractivity contribution is 6.28. The summed E-state index contributed by atoms with van der Waals surface area (Å²) >= 11 is 0. The Bertz CT molecular complexity index is 2530. The molecule has 0 unspecified atom stereocenters. The zero-order valence-electron chi connectivity index (χ0n) is 25.0. The second-order valence-electron chi connectivity index (χ2n) is 11.9. The van der Waals surface area contributed by atoms with E-state index in [0.717, 1.165) is 11.4 Å². The van der Waals surface area contributed by atoms with Gasteiger partial charge in [-0.2, -0.15) is 0 Å². The molecular weight excluding hydrogens is 544 g/mol. The predicted molar refractivity (Wildman–Crippen MR) is 191 cm³/mol. The second-order valence-corrected chi connectivity index (χ2v) is 11.9. The van der Waals surface area contributed by atoms with E-state index >= 15 is 0 Å². The summed E-state index contributed by atoms with van der Waals surface area (Å²) in [5.74, 6) is 0. The zero-order valence-corrected chi connectivity index (χ0v) is 25.0. The van der Waals surface area contributed by atoms with E-state index in [1.54, 1.807) is 0 Å². The van der Waals surface area contributed by atoms with Crippen molar-refractivity contribution in [1.29, 1.82) is 0 Å².